The molecular formula is C25H27N9O2. The van der Waals surface area contributed by atoms with Gasteiger partial charge in [0.25, 0.3) is 5.56 Å². The standard InChI is InChI=1S/C25H27N9O2/c1-3-33-24(35)19-15-27-25(29-17-7-8-20-16(13-17)14-28-32(20)2)31-23(19)34(33)21-5-4-6-22(30-21)36-18-9-11-26-12-10-18/h4-8,13-15,18,26H,3,9-12H2,1-2H3,(H,27,29,31). The fraction of sp³-hybridized carbons (Fsp3) is 0.320. The number of rotatable bonds is 6. The third kappa shape index (κ3) is 3.97. The summed E-state index contributed by atoms with van der Waals surface area (Å²) in [5.41, 5.74) is 2.17. The Morgan fingerprint density at radius 2 is 2.00 bits per heavy atom. The van der Waals surface area contributed by atoms with Crippen molar-refractivity contribution in [1.29, 1.82) is 0 Å². The van der Waals surface area contributed by atoms with Crippen LogP contribution in [-0.4, -0.2) is 53.3 Å². The second-order valence-corrected chi connectivity index (χ2v) is 8.83. The first-order valence-electron chi connectivity index (χ1n) is 12.1. The van der Waals surface area contributed by atoms with Crippen LogP contribution in [0.3, 0.4) is 0 Å². The van der Waals surface area contributed by atoms with Gasteiger partial charge in [-0.05, 0) is 57.1 Å². The topological polar surface area (TPSA) is 117 Å². The second-order valence-electron chi connectivity index (χ2n) is 8.83. The molecular weight excluding hydrogens is 458 g/mol. The highest BCUT2D eigenvalue weighted by atomic mass is 16.5. The summed E-state index contributed by atoms with van der Waals surface area (Å²) in [6, 6.07) is 11.5. The van der Waals surface area contributed by atoms with Crippen LogP contribution in [0.4, 0.5) is 11.6 Å². The highest BCUT2D eigenvalue weighted by Crippen LogP contribution is 2.23. The molecule has 2 N–H and O–H groups in total. The molecule has 1 aromatic carbocycles. The number of aryl methyl sites for hydroxylation is 1. The largest absolute Gasteiger partial charge is 0.474 e. The molecule has 5 aromatic rings. The third-order valence-electron chi connectivity index (χ3n) is 6.48. The number of aromatic nitrogens is 7. The number of benzene rings is 1. The highest BCUT2D eigenvalue weighted by Gasteiger charge is 2.19. The van der Waals surface area contributed by atoms with Gasteiger partial charge in [-0.1, -0.05) is 6.07 Å². The molecule has 1 fully saturated rings. The lowest BCUT2D eigenvalue weighted by Crippen LogP contribution is -2.34. The molecule has 1 aliphatic heterocycles. The summed E-state index contributed by atoms with van der Waals surface area (Å²) >= 11 is 0. The summed E-state index contributed by atoms with van der Waals surface area (Å²) in [6.45, 7) is 4.24. The van der Waals surface area contributed by atoms with Crippen LogP contribution in [-0.2, 0) is 13.6 Å². The van der Waals surface area contributed by atoms with Crippen LogP contribution in [0.1, 0.15) is 19.8 Å². The van der Waals surface area contributed by atoms with Crippen LogP contribution in [0.25, 0.3) is 27.8 Å². The monoisotopic (exact) mass is 485 g/mol. The van der Waals surface area contributed by atoms with Crippen molar-refractivity contribution in [3.63, 3.8) is 0 Å². The zero-order valence-electron chi connectivity index (χ0n) is 20.2. The molecule has 0 unspecified atom stereocenters. The molecule has 184 valence electrons. The van der Waals surface area contributed by atoms with E-state index in [0.29, 0.717) is 35.2 Å². The van der Waals surface area contributed by atoms with Gasteiger partial charge < -0.3 is 15.4 Å². The van der Waals surface area contributed by atoms with Crippen LogP contribution in [0.15, 0.2) is 53.6 Å². The van der Waals surface area contributed by atoms with Gasteiger partial charge in [-0.2, -0.15) is 15.1 Å². The number of fused-ring (bicyclic) bond motifs is 2. The molecule has 0 saturated carbocycles. The molecule has 0 spiro atoms. The van der Waals surface area contributed by atoms with Gasteiger partial charge in [0.2, 0.25) is 11.8 Å². The van der Waals surface area contributed by atoms with Gasteiger partial charge in [0.15, 0.2) is 11.5 Å². The predicted molar refractivity (Wildman–Crippen MR) is 137 cm³/mol. The van der Waals surface area contributed by atoms with Gasteiger partial charge in [-0.15, -0.1) is 0 Å². The normalized spacial score (nSPS) is 14.5. The van der Waals surface area contributed by atoms with Gasteiger partial charge >= 0.3 is 0 Å². The molecule has 6 rings (SSSR count). The van der Waals surface area contributed by atoms with Crippen molar-refractivity contribution in [2.24, 2.45) is 7.05 Å². The van der Waals surface area contributed by atoms with E-state index in [1.165, 1.54) is 0 Å². The molecule has 0 aliphatic carbocycles. The molecule has 0 atom stereocenters. The molecule has 1 aliphatic rings. The molecule has 5 heterocycles. The van der Waals surface area contributed by atoms with Crippen LogP contribution in [0, 0.1) is 0 Å². The summed E-state index contributed by atoms with van der Waals surface area (Å²) in [5, 5.41) is 12.3. The minimum absolute atomic E-state index is 0.124. The number of anilines is 2. The number of nitrogens with zero attached hydrogens (tertiary/aromatic N) is 7. The van der Waals surface area contributed by atoms with Gasteiger partial charge in [-0.3, -0.25) is 9.48 Å². The Morgan fingerprint density at radius 3 is 2.83 bits per heavy atom. The maximum absolute atomic E-state index is 13.1. The zero-order chi connectivity index (χ0) is 24.6. The average molecular weight is 486 g/mol. The van der Waals surface area contributed by atoms with E-state index in [4.69, 9.17) is 14.7 Å². The summed E-state index contributed by atoms with van der Waals surface area (Å²) in [7, 11) is 1.91. The van der Waals surface area contributed by atoms with Crippen molar-refractivity contribution in [3.05, 3.63) is 59.1 Å². The Balaban J connectivity index is 1.38. The summed E-state index contributed by atoms with van der Waals surface area (Å²) in [5.74, 6) is 1.49. The van der Waals surface area contributed by atoms with E-state index in [9.17, 15) is 4.79 Å². The van der Waals surface area contributed by atoms with Crippen molar-refractivity contribution in [1.82, 2.24) is 39.4 Å². The summed E-state index contributed by atoms with van der Waals surface area (Å²) in [6.07, 6.45) is 5.37. The second kappa shape index (κ2) is 9.08. The number of nitrogens with one attached hydrogen (secondary N) is 2. The van der Waals surface area contributed by atoms with Crippen molar-refractivity contribution in [2.75, 3.05) is 18.4 Å². The van der Waals surface area contributed by atoms with E-state index in [-0.39, 0.29) is 11.7 Å². The molecule has 0 bridgehead atoms. The smallest absolute Gasteiger partial charge is 0.278 e. The van der Waals surface area contributed by atoms with Crippen molar-refractivity contribution in [2.45, 2.75) is 32.4 Å². The zero-order valence-corrected chi connectivity index (χ0v) is 20.2. The SMILES string of the molecule is CCn1c(=O)c2cnc(Nc3ccc4c(cnn4C)c3)nc2n1-c1cccc(OC2CCNCC2)n1. The number of ether oxygens (including phenoxy) is 1. The van der Waals surface area contributed by atoms with Crippen molar-refractivity contribution < 1.29 is 4.74 Å². The Labute approximate surface area is 206 Å². The van der Waals surface area contributed by atoms with Gasteiger partial charge in [0.1, 0.15) is 11.5 Å². The maximum Gasteiger partial charge on any atom is 0.278 e. The summed E-state index contributed by atoms with van der Waals surface area (Å²) in [4.78, 5) is 27.0. The molecule has 36 heavy (non-hydrogen) atoms. The Morgan fingerprint density at radius 1 is 1.14 bits per heavy atom. The maximum atomic E-state index is 13.1. The number of hydrogen-bond donors (Lipinski definition) is 2. The van der Waals surface area contributed by atoms with Gasteiger partial charge in [-0.25, -0.2) is 14.3 Å². The van der Waals surface area contributed by atoms with E-state index in [1.54, 1.807) is 15.6 Å². The first-order chi connectivity index (χ1) is 17.6. The van der Waals surface area contributed by atoms with Crippen LogP contribution in [0.5, 0.6) is 5.88 Å². The minimum Gasteiger partial charge on any atom is -0.474 e. The Kier molecular flexibility index (Phi) is 5.61. The van der Waals surface area contributed by atoms with Crippen LogP contribution in [0.2, 0.25) is 0 Å². The van der Waals surface area contributed by atoms with Crippen molar-refractivity contribution in [3.8, 4) is 11.7 Å². The minimum atomic E-state index is -0.165. The van der Waals surface area contributed by atoms with Gasteiger partial charge in [0, 0.05) is 36.9 Å². The first-order valence-corrected chi connectivity index (χ1v) is 12.1. The lowest BCUT2D eigenvalue weighted by atomic mass is 10.1. The quantitative estimate of drug-likeness (QED) is 0.377. The number of hydrogen-bond acceptors (Lipinski definition) is 8. The number of pyridine rings is 1. The fourth-order valence-electron chi connectivity index (χ4n) is 4.65. The Bertz CT molecular complexity index is 1610. The lowest BCUT2D eigenvalue weighted by molar-refractivity contribution is 0.156. The van der Waals surface area contributed by atoms with Crippen LogP contribution >= 0.6 is 0 Å². The van der Waals surface area contributed by atoms with E-state index < -0.39 is 0 Å². The molecule has 4 aromatic heterocycles. The molecule has 1 saturated heterocycles. The van der Waals surface area contributed by atoms with Gasteiger partial charge in [0.05, 0.1) is 11.7 Å². The van der Waals surface area contributed by atoms with E-state index in [0.717, 1.165) is 42.5 Å². The molecule has 11 nitrogen and oxygen atoms in total. The van der Waals surface area contributed by atoms with E-state index in [1.807, 2.05) is 61.2 Å². The predicted octanol–water partition coefficient (Wildman–Crippen LogP) is 2.76. The molecule has 11 heteroatoms. The average Bonchev–Trinajstić information content (AvgIpc) is 3.40. The Hall–Kier alpha value is -4.25. The third-order valence-corrected chi connectivity index (χ3v) is 6.48. The van der Waals surface area contributed by atoms with E-state index >= 15 is 0 Å². The number of piperidine rings is 1. The van der Waals surface area contributed by atoms with Crippen molar-refractivity contribution >= 4 is 33.6 Å². The van der Waals surface area contributed by atoms with E-state index in [2.05, 4.69) is 20.7 Å². The lowest BCUT2D eigenvalue weighted by Gasteiger charge is -2.23. The first kappa shape index (κ1) is 22.2. The summed E-state index contributed by atoms with van der Waals surface area (Å²) < 4.78 is 11.3. The highest BCUT2D eigenvalue weighted by molar-refractivity contribution is 5.83. The fourth-order valence-corrected chi connectivity index (χ4v) is 4.65. The van der Waals surface area contributed by atoms with Crippen LogP contribution < -0.4 is 20.9 Å². The molecule has 0 radical (unpaired) electrons. The molecule has 0 amide bonds.